The molecule has 1 unspecified atom stereocenters. The third kappa shape index (κ3) is 5.21. The van der Waals surface area contributed by atoms with Gasteiger partial charge in [-0.05, 0) is 54.8 Å². The van der Waals surface area contributed by atoms with E-state index in [1.165, 1.54) is 21.5 Å². The van der Waals surface area contributed by atoms with Crippen LogP contribution in [0.5, 0.6) is 0 Å². The van der Waals surface area contributed by atoms with Crippen molar-refractivity contribution in [2.75, 3.05) is 43.2 Å². The van der Waals surface area contributed by atoms with E-state index in [0.717, 1.165) is 16.8 Å². The molecule has 8 nitrogen and oxygen atoms in total. The lowest BCUT2D eigenvalue weighted by atomic mass is 10.1. The fourth-order valence-electron chi connectivity index (χ4n) is 3.82. The van der Waals surface area contributed by atoms with Gasteiger partial charge in [-0.15, -0.1) is 0 Å². The third-order valence-corrected chi connectivity index (χ3v) is 6.72. The maximum atomic E-state index is 12.5. The van der Waals surface area contributed by atoms with Gasteiger partial charge in [-0.2, -0.15) is 0 Å². The Bertz CT molecular complexity index is 1110. The maximum Gasteiger partial charge on any atom is 0.338 e. The van der Waals surface area contributed by atoms with Crippen molar-refractivity contribution in [3.05, 3.63) is 59.2 Å². The number of nitrogens with zero attached hydrogens (tertiary/aromatic N) is 3. The molecule has 3 rings (SSSR count). The van der Waals surface area contributed by atoms with E-state index < -0.39 is 16.0 Å². The fourth-order valence-corrected chi connectivity index (χ4v) is 5.08. The summed E-state index contributed by atoms with van der Waals surface area (Å²) >= 11 is 0. The lowest BCUT2D eigenvalue weighted by molar-refractivity contribution is -0.133. The highest BCUT2D eigenvalue weighted by atomic mass is 32.2. The first-order chi connectivity index (χ1) is 15.0. The fraction of sp³-hybridized carbons (Fsp3) is 0.391. The molecule has 0 fully saturated rings. The summed E-state index contributed by atoms with van der Waals surface area (Å²) in [6.07, 6.45) is 1.68. The Kier molecular flexibility index (Phi) is 6.78. The van der Waals surface area contributed by atoms with E-state index in [1.807, 2.05) is 50.2 Å². The van der Waals surface area contributed by atoms with E-state index in [0.29, 0.717) is 24.2 Å². The molecule has 1 amide bonds. The lowest BCUT2D eigenvalue weighted by Gasteiger charge is -2.21. The quantitative estimate of drug-likeness (QED) is 0.591. The van der Waals surface area contributed by atoms with Crippen LogP contribution in [0.4, 0.5) is 11.4 Å². The molecule has 1 aliphatic rings. The van der Waals surface area contributed by atoms with Crippen LogP contribution in [0.2, 0.25) is 0 Å². The zero-order valence-corrected chi connectivity index (χ0v) is 19.8. The first-order valence-corrected chi connectivity index (χ1v) is 12.1. The Morgan fingerprint density at radius 3 is 2.34 bits per heavy atom. The molecule has 1 heterocycles. The highest BCUT2D eigenvalue weighted by Crippen LogP contribution is 2.34. The van der Waals surface area contributed by atoms with Gasteiger partial charge >= 0.3 is 5.97 Å². The molecular weight excluding hydrogens is 430 g/mol. The number of likely N-dealkylation sites (N-methyl/N-ethyl adjacent to an activating group) is 1. The van der Waals surface area contributed by atoms with Crippen LogP contribution in [-0.4, -0.2) is 65.2 Å². The molecule has 9 heteroatoms. The van der Waals surface area contributed by atoms with Gasteiger partial charge in [-0.1, -0.05) is 12.1 Å². The number of fused-ring (bicyclic) bond motifs is 1. The highest BCUT2D eigenvalue weighted by Gasteiger charge is 2.33. The second kappa shape index (κ2) is 9.20. The first kappa shape index (κ1) is 23.6. The minimum atomic E-state index is -3.40. The minimum absolute atomic E-state index is 0.215. The Morgan fingerprint density at radius 2 is 1.75 bits per heavy atom. The molecular formula is C23H29N3O5S. The molecule has 0 saturated carbocycles. The van der Waals surface area contributed by atoms with Crippen molar-refractivity contribution in [1.82, 2.24) is 4.90 Å². The number of carbonyl (C=O) groups excluding carboxylic acids is 2. The van der Waals surface area contributed by atoms with Crippen molar-refractivity contribution in [3.63, 3.8) is 0 Å². The molecule has 0 bridgehead atoms. The second-order valence-corrected chi connectivity index (χ2v) is 10.2. The number of esters is 1. The number of amides is 1. The second-order valence-electron chi connectivity index (χ2n) is 8.34. The number of rotatable bonds is 7. The summed E-state index contributed by atoms with van der Waals surface area (Å²) in [4.78, 5) is 28.4. The average Bonchev–Trinajstić information content (AvgIpc) is 3.07. The van der Waals surface area contributed by atoms with Gasteiger partial charge in [0.05, 0.1) is 17.5 Å². The van der Waals surface area contributed by atoms with E-state index in [-0.39, 0.29) is 18.6 Å². The van der Waals surface area contributed by atoms with Gasteiger partial charge in [-0.25, -0.2) is 13.2 Å². The monoisotopic (exact) mass is 459 g/mol. The summed E-state index contributed by atoms with van der Waals surface area (Å²) < 4.78 is 30.6. The molecule has 172 valence electrons. The Morgan fingerprint density at radius 1 is 1.09 bits per heavy atom. The van der Waals surface area contributed by atoms with Gasteiger partial charge in [-0.3, -0.25) is 9.10 Å². The van der Waals surface area contributed by atoms with Gasteiger partial charge in [0.15, 0.2) is 6.61 Å². The average molecular weight is 460 g/mol. The predicted molar refractivity (Wildman–Crippen MR) is 124 cm³/mol. The van der Waals surface area contributed by atoms with Gasteiger partial charge in [0, 0.05) is 39.4 Å². The zero-order chi connectivity index (χ0) is 23.6. The number of hydrogen-bond acceptors (Lipinski definition) is 6. The highest BCUT2D eigenvalue weighted by molar-refractivity contribution is 7.92. The Labute approximate surface area is 189 Å². The van der Waals surface area contributed by atoms with Crippen LogP contribution >= 0.6 is 0 Å². The summed E-state index contributed by atoms with van der Waals surface area (Å²) in [7, 11) is 2.18. The topological polar surface area (TPSA) is 87.2 Å². The predicted octanol–water partition coefficient (Wildman–Crippen LogP) is 2.28. The lowest BCUT2D eigenvalue weighted by Crippen LogP contribution is -2.34. The van der Waals surface area contributed by atoms with Gasteiger partial charge in [0.1, 0.15) is 0 Å². The molecule has 0 aromatic heterocycles. The Balaban J connectivity index is 1.58. The van der Waals surface area contributed by atoms with Crippen LogP contribution in [0.1, 0.15) is 28.4 Å². The van der Waals surface area contributed by atoms with Crippen molar-refractivity contribution in [1.29, 1.82) is 0 Å². The van der Waals surface area contributed by atoms with Crippen LogP contribution in [0.25, 0.3) is 0 Å². The van der Waals surface area contributed by atoms with Crippen molar-refractivity contribution in [2.24, 2.45) is 0 Å². The molecule has 1 aliphatic heterocycles. The number of ether oxygens (including phenoxy) is 1. The molecule has 0 radical (unpaired) electrons. The van der Waals surface area contributed by atoms with Crippen molar-refractivity contribution in [2.45, 2.75) is 25.9 Å². The first-order valence-electron chi connectivity index (χ1n) is 10.3. The largest absolute Gasteiger partial charge is 0.452 e. The van der Waals surface area contributed by atoms with Crippen LogP contribution in [-0.2, 0) is 32.5 Å². The smallest absolute Gasteiger partial charge is 0.338 e. The molecule has 2 aromatic carbocycles. The number of anilines is 2. The Hall–Kier alpha value is -3.07. The SMILES string of the molecule is CC1Cc2cc(C(=O)OCC(=O)N(C)Cc3ccc(N(C)C)cc3)ccc2N1S(C)(=O)=O. The molecule has 0 N–H and O–H groups in total. The third-order valence-electron chi connectivity index (χ3n) is 5.45. The number of benzene rings is 2. The van der Waals surface area contributed by atoms with Crippen LogP contribution < -0.4 is 9.21 Å². The molecule has 1 atom stereocenters. The van der Waals surface area contributed by atoms with E-state index in [4.69, 9.17) is 4.74 Å². The summed E-state index contributed by atoms with van der Waals surface area (Å²) in [6, 6.07) is 12.4. The van der Waals surface area contributed by atoms with E-state index >= 15 is 0 Å². The minimum Gasteiger partial charge on any atom is -0.452 e. The van der Waals surface area contributed by atoms with Crippen molar-refractivity contribution < 1.29 is 22.7 Å². The van der Waals surface area contributed by atoms with Gasteiger partial charge < -0.3 is 14.5 Å². The molecule has 0 spiro atoms. The van der Waals surface area contributed by atoms with Crippen LogP contribution in [0, 0.1) is 0 Å². The zero-order valence-electron chi connectivity index (χ0n) is 19.0. The number of sulfonamides is 1. The van der Waals surface area contributed by atoms with Crippen molar-refractivity contribution in [3.8, 4) is 0 Å². The summed E-state index contributed by atoms with van der Waals surface area (Å²) in [5.74, 6) is -0.927. The summed E-state index contributed by atoms with van der Waals surface area (Å²) in [5.41, 5.74) is 3.68. The molecule has 32 heavy (non-hydrogen) atoms. The van der Waals surface area contributed by atoms with Gasteiger partial charge in [0.2, 0.25) is 10.0 Å². The molecule has 0 saturated heterocycles. The summed E-state index contributed by atoms with van der Waals surface area (Å²) in [5, 5.41) is 0. The van der Waals surface area contributed by atoms with E-state index in [9.17, 15) is 18.0 Å². The van der Waals surface area contributed by atoms with Crippen molar-refractivity contribution >= 4 is 33.3 Å². The van der Waals surface area contributed by atoms with E-state index in [1.54, 1.807) is 19.2 Å². The number of carbonyl (C=O) groups is 2. The summed E-state index contributed by atoms with van der Waals surface area (Å²) in [6.45, 7) is 1.86. The number of hydrogen-bond donors (Lipinski definition) is 0. The molecule has 0 aliphatic carbocycles. The standard InChI is InChI=1S/C23H29N3O5S/c1-16-12-19-13-18(8-11-21(19)26(16)32(5,29)30)23(28)31-15-22(27)25(4)14-17-6-9-20(10-7-17)24(2)3/h6-11,13,16H,12,14-15H2,1-5H3. The molecule has 2 aromatic rings. The maximum absolute atomic E-state index is 12.5. The van der Waals surface area contributed by atoms with Crippen LogP contribution in [0.15, 0.2) is 42.5 Å². The van der Waals surface area contributed by atoms with E-state index in [2.05, 4.69) is 0 Å². The normalized spacial score (nSPS) is 15.3. The van der Waals surface area contributed by atoms with Gasteiger partial charge in [0.25, 0.3) is 5.91 Å². The van der Waals surface area contributed by atoms with Crippen LogP contribution in [0.3, 0.4) is 0 Å².